The predicted octanol–water partition coefficient (Wildman–Crippen LogP) is 4.39. The van der Waals surface area contributed by atoms with Crippen molar-refractivity contribution in [2.24, 2.45) is 5.92 Å². The van der Waals surface area contributed by atoms with Gasteiger partial charge < -0.3 is 24.2 Å². The van der Waals surface area contributed by atoms with E-state index in [-0.39, 0.29) is 41.1 Å². The zero-order chi connectivity index (χ0) is 24.3. The highest BCUT2D eigenvalue weighted by molar-refractivity contribution is 6.20. The molecule has 2 aromatic heterocycles. The molecule has 1 atom stereocenters. The van der Waals surface area contributed by atoms with Gasteiger partial charge in [0.2, 0.25) is 11.7 Å². The van der Waals surface area contributed by atoms with E-state index in [4.69, 9.17) is 25.5 Å². The normalized spacial score (nSPS) is 11.9. The van der Waals surface area contributed by atoms with E-state index in [9.17, 15) is 19.2 Å². The van der Waals surface area contributed by atoms with Crippen molar-refractivity contribution < 1.29 is 33.1 Å². The number of aromatic nitrogens is 1. The Morgan fingerprint density at radius 1 is 1.15 bits per heavy atom. The minimum absolute atomic E-state index is 0.0431. The Morgan fingerprint density at radius 2 is 1.88 bits per heavy atom. The van der Waals surface area contributed by atoms with Crippen LogP contribution in [0.2, 0.25) is 0 Å². The average molecular weight is 475 g/mol. The van der Waals surface area contributed by atoms with E-state index in [2.05, 4.69) is 10.3 Å². The number of furan rings is 1. The number of aromatic amines is 1. The van der Waals surface area contributed by atoms with E-state index in [1.807, 2.05) is 0 Å². The van der Waals surface area contributed by atoms with Gasteiger partial charge in [-0.05, 0) is 31.2 Å². The number of ether oxygens (including phenoxy) is 2. The summed E-state index contributed by atoms with van der Waals surface area (Å²) in [6.07, 6.45) is 1.31. The topological polar surface area (TPSA) is 128 Å². The lowest BCUT2D eigenvalue weighted by molar-refractivity contribution is -0.142. The molecule has 1 unspecified atom stereocenters. The summed E-state index contributed by atoms with van der Waals surface area (Å²) < 4.78 is 15.3. The van der Waals surface area contributed by atoms with Crippen LogP contribution >= 0.6 is 11.6 Å². The van der Waals surface area contributed by atoms with Gasteiger partial charge in [-0.2, -0.15) is 0 Å². The minimum Gasteiger partial charge on any atom is -0.461 e. The van der Waals surface area contributed by atoms with Gasteiger partial charge in [0, 0.05) is 29.3 Å². The zero-order valence-corrected chi connectivity index (χ0v) is 19.2. The number of carbonyl (C=O) groups excluding carboxylic acids is 4. The van der Waals surface area contributed by atoms with Crippen molar-refractivity contribution >= 4 is 51.8 Å². The highest BCUT2D eigenvalue weighted by Gasteiger charge is 2.26. The third-order valence-corrected chi connectivity index (χ3v) is 4.78. The maximum absolute atomic E-state index is 13.4. The lowest BCUT2D eigenvalue weighted by Crippen LogP contribution is -2.19. The van der Waals surface area contributed by atoms with E-state index in [0.717, 1.165) is 0 Å². The molecule has 0 radical (unpaired) electrons. The summed E-state index contributed by atoms with van der Waals surface area (Å²) in [4.78, 5) is 52.2. The Morgan fingerprint density at radius 3 is 2.52 bits per heavy atom. The number of hydrogen-bond donors (Lipinski definition) is 2. The van der Waals surface area contributed by atoms with Crippen molar-refractivity contribution in [1.29, 1.82) is 0 Å². The molecule has 0 aliphatic rings. The van der Waals surface area contributed by atoms with Crippen LogP contribution in [0.1, 0.15) is 59.9 Å². The molecule has 9 nitrogen and oxygen atoms in total. The van der Waals surface area contributed by atoms with Gasteiger partial charge in [0.05, 0.1) is 17.5 Å². The summed E-state index contributed by atoms with van der Waals surface area (Å²) in [5.41, 5.74) is 0.482. The Balaban J connectivity index is 2.08. The molecule has 33 heavy (non-hydrogen) atoms. The maximum Gasteiger partial charge on any atom is 0.339 e. The highest BCUT2D eigenvalue weighted by atomic mass is 35.5. The molecule has 0 spiro atoms. The summed E-state index contributed by atoms with van der Waals surface area (Å²) in [6.45, 7) is 6.06. The number of alkyl halides is 1. The van der Waals surface area contributed by atoms with Crippen molar-refractivity contribution in [3.63, 3.8) is 0 Å². The number of H-pyrrole nitrogens is 1. The van der Waals surface area contributed by atoms with Crippen LogP contribution in [0.15, 0.2) is 34.9 Å². The molecule has 3 rings (SSSR count). The summed E-state index contributed by atoms with van der Waals surface area (Å²) >= 11 is 5.73. The predicted molar refractivity (Wildman–Crippen MR) is 120 cm³/mol. The molecule has 0 bridgehead atoms. The Kier molecular flexibility index (Phi) is 7.23. The standard InChI is InChI=1S/C23H23ClN2O7/c1-11(2)22(29)26-18-16-6-5-14(23(30)33-12(3)24)9-17(16)25-19(18)20(28)21-15(7-8-31-21)10-32-13(4)27/h5-9,11-12,25H,10H2,1-4H3,(H,26,29). The van der Waals surface area contributed by atoms with Gasteiger partial charge in [-0.25, -0.2) is 4.79 Å². The molecule has 0 fully saturated rings. The first-order valence-corrected chi connectivity index (χ1v) is 10.6. The van der Waals surface area contributed by atoms with Crippen molar-refractivity contribution in [1.82, 2.24) is 4.98 Å². The molecule has 3 aromatic rings. The number of nitrogens with one attached hydrogen (secondary N) is 2. The number of rotatable bonds is 8. The van der Waals surface area contributed by atoms with Gasteiger partial charge in [0.25, 0.3) is 0 Å². The molecule has 0 aliphatic heterocycles. The number of benzene rings is 1. The number of hydrogen-bond acceptors (Lipinski definition) is 7. The SMILES string of the molecule is CC(=O)OCc1ccoc1C(=O)c1[nH]c2cc(C(=O)OC(C)Cl)ccc2c1NC(=O)C(C)C. The van der Waals surface area contributed by atoms with Crippen LogP contribution in [0.4, 0.5) is 5.69 Å². The third kappa shape index (κ3) is 5.43. The second-order valence-corrected chi connectivity index (χ2v) is 8.23. The summed E-state index contributed by atoms with van der Waals surface area (Å²) in [6, 6.07) is 6.12. The molecule has 2 heterocycles. The highest BCUT2D eigenvalue weighted by Crippen LogP contribution is 2.32. The Bertz CT molecular complexity index is 1220. The summed E-state index contributed by atoms with van der Waals surface area (Å²) in [5, 5.41) is 3.28. The molecule has 0 saturated heterocycles. The van der Waals surface area contributed by atoms with Crippen LogP contribution in [-0.4, -0.2) is 34.2 Å². The second kappa shape index (κ2) is 9.91. The van der Waals surface area contributed by atoms with Gasteiger partial charge in [-0.1, -0.05) is 25.4 Å². The Labute approximate surface area is 194 Å². The lowest BCUT2D eigenvalue weighted by atomic mass is 10.1. The summed E-state index contributed by atoms with van der Waals surface area (Å²) in [5.74, 6) is -2.39. The second-order valence-electron chi connectivity index (χ2n) is 7.61. The van der Waals surface area contributed by atoms with Gasteiger partial charge in [-0.15, -0.1) is 0 Å². The zero-order valence-electron chi connectivity index (χ0n) is 18.5. The molecule has 0 aliphatic carbocycles. The molecule has 2 N–H and O–H groups in total. The molecular formula is C23H23ClN2O7. The van der Waals surface area contributed by atoms with E-state index in [0.29, 0.717) is 16.5 Å². The van der Waals surface area contributed by atoms with Crippen LogP contribution in [-0.2, 0) is 25.7 Å². The number of ketones is 1. The van der Waals surface area contributed by atoms with Gasteiger partial charge in [0.1, 0.15) is 12.3 Å². The molecule has 10 heteroatoms. The number of halogens is 1. The average Bonchev–Trinajstić information content (AvgIpc) is 3.35. The number of amides is 1. The third-order valence-electron chi connectivity index (χ3n) is 4.69. The fraction of sp³-hybridized carbons (Fsp3) is 0.304. The van der Waals surface area contributed by atoms with Crippen molar-refractivity contribution in [2.75, 3.05) is 5.32 Å². The smallest absolute Gasteiger partial charge is 0.339 e. The fourth-order valence-electron chi connectivity index (χ4n) is 3.05. The van der Waals surface area contributed by atoms with Crippen LogP contribution in [0.25, 0.3) is 10.9 Å². The largest absolute Gasteiger partial charge is 0.461 e. The molecule has 1 amide bonds. The monoisotopic (exact) mass is 474 g/mol. The summed E-state index contributed by atoms with van der Waals surface area (Å²) in [7, 11) is 0. The minimum atomic E-state index is -0.815. The molecule has 174 valence electrons. The van der Waals surface area contributed by atoms with Crippen LogP contribution < -0.4 is 5.32 Å². The van der Waals surface area contributed by atoms with Crippen LogP contribution in [0.3, 0.4) is 0 Å². The molecular weight excluding hydrogens is 452 g/mol. The van der Waals surface area contributed by atoms with Crippen LogP contribution in [0, 0.1) is 5.92 Å². The molecule has 1 aromatic carbocycles. The Hall–Kier alpha value is -3.59. The first-order valence-electron chi connectivity index (χ1n) is 10.1. The van der Waals surface area contributed by atoms with Gasteiger partial charge in [-0.3, -0.25) is 14.4 Å². The number of esters is 2. The maximum atomic E-state index is 13.4. The first kappa shape index (κ1) is 24.1. The quantitative estimate of drug-likeness (QED) is 0.281. The number of fused-ring (bicyclic) bond motifs is 1. The van der Waals surface area contributed by atoms with E-state index < -0.39 is 23.3 Å². The van der Waals surface area contributed by atoms with Crippen LogP contribution in [0.5, 0.6) is 0 Å². The van der Waals surface area contributed by atoms with Gasteiger partial charge in [0.15, 0.2) is 11.3 Å². The number of carbonyl (C=O) groups is 4. The van der Waals surface area contributed by atoms with E-state index in [1.165, 1.54) is 38.3 Å². The fourth-order valence-corrected chi connectivity index (χ4v) is 3.13. The van der Waals surface area contributed by atoms with Crippen molar-refractivity contribution in [3.8, 4) is 0 Å². The van der Waals surface area contributed by atoms with Gasteiger partial charge >= 0.3 is 11.9 Å². The molecule has 0 saturated carbocycles. The lowest BCUT2D eigenvalue weighted by Gasteiger charge is -2.09. The van der Waals surface area contributed by atoms with E-state index in [1.54, 1.807) is 19.9 Å². The first-order chi connectivity index (χ1) is 15.6. The van der Waals surface area contributed by atoms with E-state index >= 15 is 0 Å². The van der Waals surface area contributed by atoms with Crippen molar-refractivity contribution in [2.45, 2.75) is 39.9 Å². The number of anilines is 1. The van der Waals surface area contributed by atoms with Crippen molar-refractivity contribution in [3.05, 3.63) is 53.1 Å².